The number of pyridine rings is 1. The van der Waals surface area contributed by atoms with E-state index in [2.05, 4.69) is 67.5 Å². The molecular formula is C16H18BrN3. The number of rotatable bonds is 3. The molecule has 0 saturated carbocycles. The lowest BCUT2D eigenvalue weighted by Crippen LogP contribution is -2.45. The van der Waals surface area contributed by atoms with Crippen molar-refractivity contribution in [1.82, 2.24) is 15.2 Å². The Balaban J connectivity index is 1.98. The minimum Gasteiger partial charge on any atom is -0.314 e. The van der Waals surface area contributed by atoms with Gasteiger partial charge in [-0.1, -0.05) is 28.1 Å². The third kappa shape index (κ3) is 3.08. The van der Waals surface area contributed by atoms with E-state index < -0.39 is 0 Å². The first-order chi connectivity index (χ1) is 9.84. The third-order valence-corrected chi connectivity index (χ3v) is 4.20. The van der Waals surface area contributed by atoms with E-state index in [1.165, 1.54) is 11.1 Å². The smallest absolute Gasteiger partial charge is 0.0604 e. The van der Waals surface area contributed by atoms with Crippen molar-refractivity contribution < 1.29 is 0 Å². The lowest BCUT2D eigenvalue weighted by molar-refractivity contribution is 0.198. The zero-order chi connectivity index (χ0) is 13.8. The van der Waals surface area contributed by atoms with Gasteiger partial charge in [-0.2, -0.15) is 0 Å². The fourth-order valence-corrected chi connectivity index (χ4v) is 3.19. The zero-order valence-electron chi connectivity index (χ0n) is 11.3. The molecule has 0 radical (unpaired) electrons. The summed E-state index contributed by atoms with van der Waals surface area (Å²) >= 11 is 3.58. The van der Waals surface area contributed by atoms with Gasteiger partial charge in [0.2, 0.25) is 0 Å². The first kappa shape index (κ1) is 13.7. The minimum atomic E-state index is 0.303. The summed E-state index contributed by atoms with van der Waals surface area (Å²) in [6.07, 6.45) is 3.75. The zero-order valence-corrected chi connectivity index (χ0v) is 12.9. The third-order valence-electron chi connectivity index (χ3n) is 3.70. The summed E-state index contributed by atoms with van der Waals surface area (Å²) in [6.45, 7) is 4.24. The molecule has 1 atom stereocenters. The van der Waals surface area contributed by atoms with Crippen LogP contribution < -0.4 is 5.32 Å². The van der Waals surface area contributed by atoms with Gasteiger partial charge in [0.05, 0.1) is 6.04 Å². The molecule has 1 aliphatic heterocycles. The van der Waals surface area contributed by atoms with Gasteiger partial charge in [0.25, 0.3) is 0 Å². The van der Waals surface area contributed by atoms with Crippen LogP contribution in [-0.2, 0) is 0 Å². The first-order valence-electron chi connectivity index (χ1n) is 6.95. The molecule has 1 aromatic heterocycles. The van der Waals surface area contributed by atoms with Crippen molar-refractivity contribution in [3.8, 4) is 0 Å². The molecule has 0 bridgehead atoms. The van der Waals surface area contributed by atoms with Crippen LogP contribution in [0.2, 0.25) is 0 Å². The Labute approximate surface area is 128 Å². The van der Waals surface area contributed by atoms with Crippen molar-refractivity contribution >= 4 is 15.9 Å². The number of hydrogen-bond acceptors (Lipinski definition) is 3. The Kier molecular flexibility index (Phi) is 4.45. The van der Waals surface area contributed by atoms with Gasteiger partial charge in [-0.25, -0.2) is 0 Å². The Morgan fingerprint density at radius 3 is 2.50 bits per heavy atom. The lowest BCUT2D eigenvalue weighted by atomic mass is 9.97. The van der Waals surface area contributed by atoms with Gasteiger partial charge in [-0.15, -0.1) is 0 Å². The Morgan fingerprint density at radius 2 is 1.80 bits per heavy atom. The molecule has 0 spiro atoms. The van der Waals surface area contributed by atoms with E-state index in [1.54, 1.807) is 0 Å². The van der Waals surface area contributed by atoms with Crippen LogP contribution in [0.3, 0.4) is 0 Å². The summed E-state index contributed by atoms with van der Waals surface area (Å²) in [6, 6.07) is 13.1. The summed E-state index contributed by atoms with van der Waals surface area (Å²) in [7, 11) is 0. The molecular weight excluding hydrogens is 314 g/mol. The Hall–Kier alpha value is -1.23. The fourth-order valence-electron chi connectivity index (χ4n) is 2.78. The normalized spacial score (nSPS) is 17.9. The summed E-state index contributed by atoms with van der Waals surface area (Å²) in [5.74, 6) is 0. The molecule has 1 aliphatic rings. The van der Waals surface area contributed by atoms with E-state index in [9.17, 15) is 0 Å². The van der Waals surface area contributed by atoms with Crippen LogP contribution in [0.4, 0.5) is 0 Å². The van der Waals surface area contributed by atoms with Crippen molar-refractivity contribution in [2.45, 2.75) is 6.04 Å². The van der Waals surface area contributed by atoms with Gasteiger partial charge in [0.15, 0.2) is 0 Å². The summed E-state index contributed by atoms with van der Waals surface area (Å²) < 4.78 is 1.13. The number of hydrogen-bond donors (Lipinski definition) is 1. The van der Waals surface area contributed by atoms with E-state index in [4.69, 9.17) is 0 Å². The summed E-state index contributed by atoms with van der Waals surface area (Å²) in [4.78, 5) is 6.68. The lowest BCUT2D eigenvalue weighted by Gasteiger charge is -2.35. The molecule has 1 unspecified atom stereocenters. The topological polar surface area (TPSA) is 28.2 Å². The van der Waals surface area contributed by atoms with Crippen LogP contribution in [0, 0.1) is 0 Å². The molecule has 3 rings (SSSR count). The SMILES string of the molecule is Brc1cccc(C(c2ccncc2)N2CCNCC2)c1. The highest BCUT2D eigenvalue weighted by Crippen LogP contribution is 2.30. The molecule has 0 aliphatic carbocycles. The maximum atomic E-state index is 4.14. The maximum absolute atomic E-state index is 4.14. The van der Waals surface area contributed by atoms with Crippen molar-refractivity contribution in [2.75, 3.05) is 26.2 Å². The molecule has 0 amide bonds. The number of benzene rings is 1. The molecule has 1 aromatic carbocycles. The van der Waals surface area contributed by atoms with Crippen LogP contribution in [0.25, 0.3) is 0 Å². The summed E-state index contributed by atoms with van der Waals surface area (Å²) in [5, 5.41) is 3.42. The predicted octanol–water partition coefficient (Wildman–Crippen LogP) is 2.84. The van der Waals surface area contributed by atoms with Crippen molar-refractivity contribution in [3.63, 3.8) is 0 Å². The van der Waals surface area contributed by atoms with Crippen molar-refractivity contribution in [2.24, 2.45) is 0 Å². The number of piperazine rings is 1. The highest BCUT2D eigenvalue weighted by atomic mass is 79.9. The van der Waals surface area contributed by atoms with Crippen LogP contribution in [0.1, 0.15) is 17.2 Å². The van der Waals surface area contributed by atoms with E-state index in [0.29, 0.717) is 6.04 Å². The van der Waals surface area contributed by atoms with E-state index in [1.807, 2.05) is 12.4 Å². The fraction of sp³-hybridized carbons (Fsp3) is 0.312. The number of nitrogens with zero attached hydrogens (tertiary/aromatic N) is 2. The maximum Gasteiger partial charge on any atom is 0.0604 e. The van der Waals surface area contributed by atoms with Gasteiger partial charge in [-0.05, 0) is 35.4 Å². The van der Waals surface area contributed by atoms with E-state index in [-0.39, 0.29) is 0 Å². The predicted molar refractivity (Wildman–Crippen MR) is 84.7 cm³/mol. The number of nitrogens with one attached hydrogen (secondary N) is 1. The molecule has 1 saturated heterocycles. The average molecular weight is 332 g/mol. The van der Waals surface area contributed by atoms with Gasteiger partial charge >= 0.3 is 0 Å². The van der Waals surface area contributed by atoms with Gasteiger partial charge in [-0.3, -0.25) is 9.88 Å². The van der Waals surface area contributed by atoms with E-state index >= 15 is 0 Å². The highest BCUT2D eigenvalue weighted by molar-refractivity contribution is 9.10. The number of aromatic nitrogens is 1. The molecule has 4 heteroatoms. The summed E-state index contributed by atoms with van der Waals surface area (Å²) in [5.41, 5.74) is 2.63. The van der Waals surface area contributed by atoms with Crippen LogP contribution in [0.15, 0.2) is 53.3 Å². The second-order valence-corrected chi connectivity index (χ2v) is 5.94. The van der Waals surface area contributed by atoms with Crippen LogP contribution >= 0.6 is 15.9 Å². The minimum absolute atomic E-state index is 0.303. The molecule has 104 valence electrons. The second-order valence-electron chi connectivity index (χ2n) is 5.02. The standard InChI is InChI=1S/C16H18BrN3/c17-15-3-1-2-14(12-15)16(13-4-6-18-7-5-13)20-10-8-19-9-11-20/h1-7,12,16,19H,8-11H2. The molecule has 20 heavy (non-hydrogen) atoms. The van der Waals surface area contributed by atoms with Gasteiger partial charge < -0.3 is 5.32 Å². The van der Waals surface area contributed by atoms with Crippen molar-refractivity contribution in [3.05, 3.63) is 64.4 Å². The van der Waals surface area contributed by atoms with Gasteiger partial charge in [0, 0.05) is 43.0 Å². The van der Waals surface area contributed by atoms with Crippen LogP contribution in [0.5, 0.6) is 0 Å². The second kappa shape index (κ2) is 6.48. The molecule has 2 heterocycles. The Bertz CT molecular complexity index is 553. The average Bonchev–Trinajstić information content (AvgIpc) is 2.50. The molecule has 1 fully saturated rings. The van der Waals surface area contributed by atoms with Gasteiger partial charge in [0.1, 0.15) is 0 Å². The van der Waals surface area contributed by atoms with Crippen LogP contribution in [-0.4, -0.2) is 36.1 Å². The highest BCUT2D eigenvalue weighted by Gasteiger charge is 2.23. The van der Waals surface area contributed by atoms with E-state index in [0.717, 1.165) is 30.7 Å². The molecule has 3 nitrogen and oxygen atoms in total. The number of halogens is 1. The molecule has 1 N–H and O–H groups in total. The largest absolute Gasteiger partial charge is 0.314 e. The Morgan fingerprint density at radius 1 is 1.05 bits per heavy atom. The molecule has 2 aromatic rings. The van der Waals surface area contributed by atoms with Crippen molar-refractivity contribution in [1.29, 1.82) is 0 Å². The monoisotopic (exact) mass is 331 g/mol. The first-order valence-corrected chi connectivity index (χ1v) is 7.74. The quantitative estimate of drug-likeness (QED) is 0.937.